The highest BCUT2D eigenvalue weighted by Gasteiger charge is 2.38. The maximum Gasteiger partial charge on any atom is 0.227 e. The van der Waals surface area contributed by atoms with Gasteiger partial charge in [0, 0.05) is 30.7 Å². The Hall–Kier alpha value is -1.99. The van der Waals surface area contributed by atoms with Gasteiger partial charge in [0.25, 0.3) is 0 Å². The van der Waals surface area contributed by atoms with E-state index in [0.29, 0.717) is 18.8 Å². The topological polar surface area (TPSA) is 71.1 Å². The molecule has 1 aliphatic rings. The lowest BCUT2D eigenvalue weighted by Gasteiger charge is -2.23. The Morgan fingerprint density at radius 1 is 1.57 bits per heavy atom. The quantitative estimate of drug-likeness (QED) is 0.927. The molecule has 0 bridgehead atoms. The number of rotatable bonds is 4. The molecule has 2 heterocycles. The van der Waals surface area contributed by atoms with E-state index in [1.807, 2.05) is 0 Å². The lowest BCUT2D eigenvalue weighted by molar-refractivity contribution is -0.132. The molecule has 0 spiro atoms. The Morgan fingerprint density at radius 3 is 3.04 bits per heavy atom. The molecule has 1 amide bonds. The van der Waals surface area contributed by atoms with Crippen LogP contribution in [0.4, 0.5) is 4.39 Å². The van der Waals surface area contributed by atoms with Gasteiger partial charge >= 0.3 is 0 Å². The fourth-order valence-electron chi connectivity index (χ4n) is 2.83. The standard InChI is InChI=1S/C15H16ClFN4O2/c1-23-9-5-13(15-18-8-19-20-15)21(7-9)14(22)6-10-11(16)3-2-4-12(10)17/h2-4,8-9,13H,5-7H2,1H3,(H,18,19,20)/t9-,13+/m1/s1. The molecule has 8 heteroatoms. The third kappa shape index (κ3) is 3.20. The summed E-state index contributed by atoms with van der Waals surface area (Å²) in [6, 6.07) is 4.12. The molecule has 1 aromatic carbocycles. The van der Waals surface area contributed by atoms with Gasteiger partial charge in [0.2, 0.25) is 5.91 Å². The molecule has 1 aromatic heterocycles. The molecule has 23 heavy (non-hydrogen) atoms. The highest BCUT2D eigenvalue weighted by molar-refractivity contribution is 6.31. The summed E-state index contributed by atoms with van der Waals surface area (Å²) in [5.74, 6) is -0.111. The van der Waals surface area contributed by atoms with Crippen LogP contribution in [-0.4, -0.2) is 45.7 Å². The van der Waals surface area contributed by atoms with Crippen molar-refractivity contribution >= 4 is 17.5 Å². The zero-order chi connectivity index (χ0) is 16.4. The molecule has 3 rings (SSSR count). The predicted molar refractivity (Wildman–Crippen MR) is 81.4 cm³/mol. The van der Waals surface area contributed by atoms with Crippen molar-refractivity contribution in [1.82, 2.24) is 20.1 Å². The first-order chi connectivity index (χ1) is 11.1. The van der Waals surface area contributed by atoms with E-state index in [4.69, 9.17) is 16.3 Å². The lowest BCUT2D eigenvalue weighted by Crippen LogP contribution is -2.33. The number of carbonyl (C=O) groups excluding carboxylic acids is 1. The number of ether oxygens (including phenoxy) is 1. The van der Waals surface area contributed by atoms with Crippen LogP contribution >= 0.6 is 11.6 Å². The van der Waals surface area contributed by atoms with Crippen LogP contribution in [0.5, 0.6) is 0 Å². The summed E-state index contributed by atoms with van der Waals surface area (Å²) in [5.41, 5.74) is 0.205. The van der Waals surface area contributed by atoms with Crippen molar-refractivity contribution in [3.05, 3.63) is 46.8 Å². The van der Waals surface area contributed by atoms with Crippen LogP contribution in [-0.2, 0) is 16.0 Å². The van der Waals surface area contributed by atoms with Crippen LogP contribution in [0.3, 0.4) is 0 Å². The maximum absolute atomic E-state index is 13.9. The van der Waals surface area contributed by atoms with Gasteiger partial charge in [-0.25, -0.2) is 9.37 Å². The van der Waals surface area contributed by atoms with E-state index in [2.05, 4.69) is 15.2 Å². The van der Waals surface area contributed by atoms with Crippen LogP contribution in [0, 0.1) is 5.82 Å². The highest BCUT2D eigenvalue weighted by atomic mass is 35.5. The second-order valence-corrected chi connectivity index (χ2v) is 5.81. The number of carbonyl (C=O) groups is 1. The second kappa shape index (κ2) is 6.64. The normalized spacial score (nSPS) is 20.9. The molecule has 0 unspecified atom stereocenters. The van der Waals surface area contributed by atoms with Crippen molar-refractivity contribution in [3.63, 3.8) is 0 Å². The number of hydrogen-bond acceptors (Lipinski definition) is 4. The molecule has 122 valence electrons. The van der Waals surface area contributed by atoms with E-state index in [1.165, 1.54) is 18.5 Å². The Labute approximate surface area is 137 Å². The van der Waals surface area contributed by atoms with Gasteiger partial charge < -0.3 is 9.64 Å². The molecule has 2 atom stereocenters. The van der Waals surface area contributed by atoms with Crippen molar-refractivity contribution < 1.29 is 13.9 Å². The molecule has 1 aliphatic heterocycles. The van der Waals surface area contributed by atoms with Crippen molar-refractivity contribution in [1.29, 1.82) is 0 Å². The smallest absolute Gasteiger partial charge is 0.227 e. The SMILES string of the molecule is CO[C@@H]1C[C@@H](c2ncn[nH]2)N(C(=O)Cc2c(F)cccc2Cl)C1. The summed E-state index contributed by atoms with van der Waals surface area (Å²) in [4.78, 5) is 18.4. The van der Waals surface area contributed by atoms with E-state index in [-0.39, 0.29) is 35.1 Å². The number of likely N-dealkylation sites (tertiary alicyclic amines) is 1. The molecular formula is C15H16ClFN4O2. The van der Waals surface area contributed by atoms with Gasteiger partial charge in [0.05, 0.1) is 18.6 Å². The van der Waals surface area contributed by atoms with Gasteiger partial charge in [0.1, 0.15) is 18.0 Å². The van der Waals surface area contributed by atoms with Gasteiger partial charge in [-0.2, -0.15) is 5.10 Å². The first-order valence-corrected chi connectivity index (χ1v) is 7.58. The molecule has 6 nitrogen and oxygen atoms in total. The summed E-state index contributed by atoms with van der Waals surface area (Å²) in [5, 5.41) is 6.86. The molecule has 0 saturated carbocycles. The predicted octanol–water partition coefficient (Wildman–Crippen LogP) is 2.13. The van der Waals surface area contributed by atoms with E-state index in [9.17, 15) is 9.18 Å². The van der Waals surface area contributed by atoms with Crippen LogP contribution in [0.2, 0.25) is 5.02 Å². The van der Waals surface area contributed by atoms with Crippen LogP contribution in [0.15, 0.2) is 24.5 Å². The molecule has 1 saturated heterocycles. The number of hydrogen-bond donors (Lipinski definition) is 1. The first kappa shape index (κ1) is 15.9. The van der Waals surface area contributed by atoms with Crippen molar-refractivity contribution in [3.8, 4) is 0 Å². The zero-order valence-electron chi connectivity index (χ0n) is 12.5. The van der Waals surface area contributed by atoms with E-state index >= 15 is 0 Å². The third-order valence-corrected chi connectivity index (χ3v) is 4.41. The van der Waals surface area contributed by atoms with E-state index < -0.39 is 5.82 Å². The van der Waals surface area contributed by atoms with E-state index in [1.54, 1.807) is 18.1 Å². The average Bonchev–Trinajstić information content (AvgIpc) is 3.19. The molecule has 0 aliphatic carbocycles. The minimum absolute atomic E-state index is 0.0925. The Kier molecular flexibility index (Phi) is 4.58. The fraction of sp³-hybridized carbons (Fsp3) is 0.400. The molecule has 0 radical (unpaired) electrons. The number of benzene rings is 1. The third-order valence-electron chi connectivity index (χ3n) is 4.06. The van der Waals surface area contributed by atoms with Crippen LogP contribution in [0.25, 0.3) is 0 Å². The number of aromatic amines is 1. The minimum Gasteiger partial charge on any atom is -0.380 e. The molecule has 1 N–H and O–H groups in total. The van der Waals surface area contributed by atoms with Crippen LogP contribution in [0.1, 0.15) is 23.9 Å². The van der Waals surface area contributed by atoms with Crippen molar-refractivity contribution in [2.45, 2.75) is 25.0 Å². The number of aromatic nitrogens is 3. The molecular weight excluding hydrogens is 323 g/mol. The minimum atomic E-state index is -0.482. The molecule has 1 fully saturated rings. The lowest BCUT2D eigenvalue weighted by atomic mass is 10.1. The Morgan fingerprint density at radius 2 is 2.39 bits per heavy atom. The van der Waals surface area contributed by atoms with E-state index in [0.717, 1.165) is 0 Å². The monoisotopic (exact) mass is 338 g/mol. The number of H-pyrrole nitrogens is 1. The summed E-state index contributed by atoms with van der Waals surface area (Å²) < 4.78 is 19.3. The van der Waals surface area contributed by atoms with Gasteiger partial charge in [-0.05, 0) is 12.1 Å². The number of amides is 1. The van der Waals surface area contributed by atoms with Crippen molar-refractivity contribution in [2.24, 2.45) is 0 Å². The highest BCUT2D eigenvalue weighted by Crippen LogP contribution is 2.32. The van der Waals surface area contributed by atoms with Gasteiger partial charge in [-0.15, -0.1) is 0 Å². The maximum atomic E-state index is 13.9. The van der Waals surface area contributed by atoms with Gasteiger partial charge in [0.15, 0.2) is 0 Å². The average molecular weight is 339 g/mol. The van der Waals surface area contributed by atoms with Crippen LogP contribution < -0.4 is 0 Å². The Balaban J connectivity index is 1.82. The number of methoxy groups -OCH3 is 1. The summed E-state index contributed by atoms with van der Waals surface area (Å²) in [7, 11) is 1.60. The molecule has 2 aromatic rings. The van der Waals surface area contributed by atoms with Gasteiger partial charge in [-0.1, -0.05) is 17.7 Å². The Bertz CT molecular complexity index is 675. The number of nitrogens with zero attached hydrogens (tertiary/aromatic N) is 3. The first-order valence-electron chi connectivity index (χ1n) is 7.20. The fourth-order valence-corrected chi connectivity index (χ4v) is 3.06. The zero-order valence-corrected chi connectivity index (χ0v) is 13.3. The van der Waals surface area contributed by atoms with Gasteiger partial charge in [-0.3, -0.25) is 9.89 Å². The largest absolute Gasteiger partial charge is 0.380 e. The van der Waals surface area contributed by atoms with Crippen molar-refractivity contribution in [2.75, 3.05) is 13.7 Å². The number of nitrogens with one attached hydrogen (secondary N) is 1. The summed E-state index contributed by atoms with van der Waals surface area (Å²) >= 11 is 6.01. The summed E-state index contributed by atoms with van der Waals surface area (Å²) in [6.45, 7) is 0.423. The second-order valence-electron chi connectivity index (χ2n) is 5.40. The summed E-state index contributed by atoms with van der Waals surface area (Å²) in [6.07, 6.45) is 1.81. The number of halogens is 2.